The Bertz CT molecular complexity index is 437. The zero-order valence-electron chi connectivity index (χ0n) is 11.7. The Morgan fingerprint density at radius 3 is 2.72 bits per heavy atom. The molecule has 0 spiro atoms. The average Bonchev–Trinajstić information content (AvgIpc) is 2.39. The quantitative estimate of drug-likeness (QED) is 0.785. The third-order valence-corrected chi connectivity index (χ3v) is 3.43. The lowest BCUT2D eigenvalue weighted by Crippen LogP contribution is -2.38. The van der Waals surface area contributed by atoms with Crippen LogP contribution < -0.4 is 10.1 Å². The topological polar surface area (TPSA) is 45.0 Å². The van der Waals surface area contributed by atoms with Gasteiger partial charge in [0.2, 0.25) is 0 Å². The van der Waals surface area contributed by atoms with E-state index in [1.165, 1.54) is 11.1 Å². The van der Waals surface area contributed by atoms with Crippen molar-refractivity contribution in [1.82, 2.24) is 5.32 Å². The van der Waals surface area contributed by atoms with Gasteiger partial charge >= 0.3 is 0 Å². The minimum Gasteiger partial charge on any atom is -0.493 e. The summed E-state index contributed by atoms with van der Waals surface area (Å²) >= 11 is 0. The zero-order chi connectivity index (χ0) is 13.6. The van der Waals surface area contributed by atoms with E-state index in [2.05, 4.69) is 31.3 Å². The highest BCUT2D eigenvalue weighted by Crippen LogP contribution is 2.21. The largest absolute Gasteiger partial charge is 0.493 e. The lowest BCUT2D eigenvalue weighted by Gasteiger charge is -2.20. The second-order valence-electron chi connectivity index (χ2n) is 4.84. The standard InChI is InChI=1S/C15H22N2O/c1-12-7-5-8-14(13(12)2)18-10-6-9-15(3,11-16)17-4/h5,7-8,17H,6,9-10H2,1-4H3. The summed E-state index contributed by atoms with van der Waals surface area (Å²) in [6.07, 6.45) is 1.64. The van der Waals surface area contributed by atoms with Crippen LogP contribution in [-0.4, -0.2) is 19.2 Å². The monoisotopic (exact) mass is 246 g/mol. The molecule has 0 aromatic heterocycles. The van der Waals surface area contributed by atoms with E-state index in [4.69, 9.17) is 10.00 Å². The van der Waals surface area contributed by atoms with Crippen LogP contribution in [0.1, 0.15) is 30.9 Å². The van der Waals surface area contributed by atoms with Crippen LogP contribution in [0.25, 0.3) is 0 Å². The number of nitrogens with one attached hydrogen (secondary N) is 1. The van der Waals surface area contributed by atoms with Crippen LogP contribution >= 0.6 is 0 Å². The van der Waals surface area contributed by atoms with E-state index in [0.717, 1.165) is 18.6 Å². The molecule has 18 heavy (non-hydrogen) atoms. The molecule has 3 heteroatoms. The van der Waals surface area contributed by atoms with Crippen LogP contribution in [0.2, 0.25) is 0 Å². The maximum absolute atomic E-state index is 9.03. The minimum absolute atomic E-state index is 0.453. The third kappa shape index (κ3) is 3.75. The van der Waals surface area contributed by atoms with Gasteiger partial charge in [0.25, 0.3) is 0 Å². The van der Waals surface area contributed by atoms with Gasteiger partial charge in [0, 0.05) is 0 Å². The summed E-state index contributed by atoms with van der Waals surface area (Å²) in [6.45, 7) is 6.70. The lowest BCUT2D eigenvalue weighted by atomic mass is 9.98. The van der Waals surface area contributed by atoms with E-state index in [1.54, 1.807) is 0 Å². The van der Waals surface area contributed by atoms with Crippen molar-refractivity contribution >= 4 is 0 Å². The number of nitriles is 1. The van der Waals surface area contributed by atoms with Gasteiger partial charge < -0.3 is 10.1 Å². The van der Waals surface area contributed by atoms with E-state index in [0.29, 0.717) is 6.61 Å². The third-order valence-electron chi connectivity index (χ3n) is 3.43. The molecule has 1 rings (SSSR count). The molecule has 3 nitrogen and oxygen atoms in total. The average molecular weight is 246 g/mol. The SMILES string of the molecule is CNC(C)(C#N)CCCOc1cccc(C)c1C. The molecular formula is C15H22N2O. The highest BCUT2D eigenvalue weighted by Gasteiger charge is 2.20. The van der Waals surface area contributed by atoms with Gasteiger partial charge in [0.15, 0.2) is 0 Å². The van der Waals surface area contributed by atoms with Crippen LogP contribution in [0.3, 0.4) is 0 Å². The van der Waals surface area contributed by atoms with Crippen LogP contribution in [0.4, 0.5) is 0 Å². The number of aryl methyl sites for hydroxylation is 1. The van der Waals surface area contributed by atoms with Gasteiger partial charge in [-0.25, -0.2) is 0 Å². The van der Waals surface area contributed by atoms with E-state index >= 15 is 0 Å². The molecule has 0 aliphatic rings. The fourth-order valence-corrected chi connectivity index (χ4v) is 1.73. The Morgan fingerprint density at radius 1 is 1.39 bits per heavy atom. The lowest BCUT2D eigenvalue weighted by molar-refractivity contribution is 0.287. The predicted octanol–water partition coefficient (Wildman–Crippen LogP) is 2.96. The Balaban J connectivity index is 2.44. The van der Waals surface area contributed by atoms with E-state index in [9.17, 15) is 0 Å². The van der Waals surface area contributed by atoms with Crippen LogP contribution in [0, 0.1) is 25.2 Å². The van der Waals surface area contributed by atoms with Gasteiger partial charge in [-0.15, -0.1) is 0 Å². The van der Waals surface area contributed by atoms with Crippen LogP contribution in [-0.2, 0) is 0 Å². The molecule has 0 radical (unpaired) electrons. The van der Waals surface area contributed by atoms with Gasteiger partial charge in [0.1, 0.15) is 11.3 Å². The summed E-state index contributed by atoms with van der Waals surface area (Å²) in [6, 6.07) is 8.35. The number of hydrogen-bond donors (Lipinski definition) is 1. The Morgan fingerprint density at radius 2 is 2.11 bits per heavy atom. The number of benzene rings is 1. The Labute approximate surface area is 110 Å². The summed E-state index contributed by atoms with van der Waals surface area (Å²) in [4.78, 5) is 0. The maximum atomic E-state index is 9.03. The number of rotatable bonds is 6. The first-order chi connectivity index (χ1) is 8.52. The van der Waals surface area contributed by atoms with Gasteiger partial charge in [-0.1, -0.05) is 12.1 Å². The molecule has 1 aromatic carbocycles. The molecule has 0 bridgehead atoms. The van der Waals surface area contributed by atoms with Crippen molar-refractivity contribution in [3.8, 4) is 11.8 Å². The van der Waals surface area contributed by atoms with E-state index in [1.807, 2.05) is 26.1 Å². The Kier molecular flexibility index (Phi) is 5.18. The fraction of sp³-hybridized carbons (Fsp3) is 0.533. The zero-order valence-corrected chi connectivity index (χ0v) is 11.7. The molecule has 0 saturated heterocycles. The highest BCUT2D eigenvalue weighted by molar-refractivity contribution is 5.38. The smallest absolute Gasteiger partial charge is 0.122 e. The van der Waals surface area contributed by atoms with Crippen molar-refractivity contribution in [2.45, 2.75) is 39.2 Å². The predicted molar refractivity (Wildman–Crippen MR) is 73.7 cm³/mol. The number of nitrogens with zero attached hydrogens (tertiary/aromatic N) is 1. The highest BCUT2D eigenvalue weighted by atomic mass is 16.5. The molecule has 1 unspecified atom stereocenters. The summed E-state index contributed by atoms with van der Waals surface area (Å²) in [5.41, 5.74) is 1.98. The first-order valence-electron chi connectivity index (χ1n) is 6.31. The van der Waals surface area contributed by atoms with Crippen LogP contribution in [0.5, 0.6) is 5.75 Å². The minimum atomic E-state index is -0.453. The molecule has 0 heterocycles. The Hall–Kier alpha value is -1.53. The van der Waals surface area contributed by atoms with Crippen molar-refractivity contribution < 1.29 is 4.74 Å². The van der Waals surface area contributed by atoms with Crippen molar-refractivity contribution in [2.24, 2.45) is 0 Å². The summed E-state index contributed by atoms with van der Waals surface area (Å²) in [7, 11) is 1.81. The van der Waals surface area contributed by atoms with Crippen molar-refractivity contribution in [2.75, 3.05) is 13.7 Å². The first-order valence-corrected chi connectivity index (χ1v) is 6.31. The molecule has 0 saturated carbocycles. The number of hydrogen-bond acceptors (Lipinski definition) is 3. The molecule has 0 amide bonds. The molecule has 98 valence electrons. The molecule has 0 fully saturated rings. The van der Waals surface area contributed by atoms with Gasteiger partial charge in [-0.2, -0.15) is 5.26 Å². The summed E-state index contributed by atoms with van der Waals surface area (Å²) in [5.74, 6) is 0.943. The van der Waals surface area contributed by atoms with E-state index < -0.39 is 5.54 Å². The van der Waals surface area contributed by atoms with Crippen LogP contribution in [0.15, 0.2) is 18.2 Å². The molecule has 0 aliphatic carbocycles. The molecule has 1 aromatic rings. The molecule has 1 atom stereocenters. The maximum Gasteiger partial charge on any atom is 0.122 e. The second kappa shape index (κ2) is 6.42. The van der Waals surface area contributed by atoms with E-state index in [-0.39, 0.29) is 0 Å². The summed E-state index contributed by atoms with van der Waals surface area (Å²) < 4.78 is 5.76. The number of ether oxygens (including phenoxy) is 1. The van der Waals surface area contributed by atoms with Gasteiger partial charge in [-0.05, 0) is 57.9 Å². The van der Waals surface area contributed by atoms with Crippen molar-refractivity contribution in [3.05, 3.63) is 29.3 Å². The van der Waals surface area contributed by atoms with Gasteiger partial charge in [-0.3, -0.25) is 0 Å². The fourth-order valence-electron chi connectivity index (χ4n) is 1.73. The summed E-state index contributed by atoms with van der Waals surface area (Å²) in [5, 5.41) is 12.1. The molecule has 1 N–H and O–H groups in total. The molecule has 0 aliphatic heterocycles. The van der Waals surface area contributed by atoms with Crippen molar-refractivity contribution in [1.29, 1.82) is 5.26 Å². The van der Waals surface area contributed by atoms with Crippen molar-refractivity contribution in [3.63, 3.8) is 0 Å². The second-order valence-corrected chi connectivity index (χ2v) is 4.84. The first kappa shape index (κ1) is 14.5. The van der Waals surface area contributed by atoms with Gasteiger partial charge in [0.05, 0.1) is 12.7 Å². The molecular weight excluding hydrogens is 224 g/mol. The normalized spacial score (nSPS) is 13.7.